The Labute approximate surface area is 220 Å². The first kappa shape index (κ1) is 28.1. The van der Waals surface area contributed by atoms with Crippen molar-refractivity contribution in [3.63, 3.8) is 0 Å². The van der Waals surface area contributed by atoms with Crippen LogP contribution in [0.3, 0.4) is 0 Å². The van der Waals surface area contributed by atoms with Gasteiger partial charge in [-0.05, 0) is 119 Å². The number of likely N-dealkylation sites (tertiary alicyclic amines) is 1. The lowest BCUT2D eigenvalue weighted by atomic mass is 9.45. The molecule has 2 aliphatic carbocycles. The van der Waals surface area contributed by atoms with Gasteiger partial charge in [-0.1, -0.05) is 57.5 Å². The predicted octanol–water partition coefficient (Wildman–Crippen LogP) is 5.83. The van der Waals surface area contributed by atoms with Crippen LogP contribution in [-0.2, 0) is 6.42 Å². The highest BCUT2D eigenvalue weighted by molar-refractivity contribution is 5.15. The van der Waals surface area contributed by atoms with E-state index in [4.69, 9.17) is 0 Å². The Morgan fingerprint density at radius 3 is 2.33 bits per heavy atom. The van der Waals surface area contributed by atoms with Crippen molar-refractivity contribution in [2.24, 2.45) is 28.6 Å². The van der Waals surface area contributed by atoms with Gasteiger partial charge in [0, 0.05) is 6.54 Å². The molecule has 1 aliphatic heterocycles. The molecule has 0 amide bonds. The quantitative estimate of drug-likeness (QED) is 0.421. The van der Waals surface area contributed by atoms with Crippen molar-refractivity contribution in [1.82, 2.24) is 4.90 Å². The van der Waals surface area contributed by atoms with E-state index in [-0.39, 0.29) is 11.3 Å². The molecule has 36 heavy (non-hydrogen) atoms. The van der Waals surface area contributed by atoms with Crippen LogP contribution in [-0.4, -0.2) is 57.2 Å². The van der Waals surface area contributed by atoms with Gasteiger partial charge in [0.1, 0.15) is 0 Å². The van der Waals surface area contributed by atoms with Crippen molar-refractivity contribution in [2.75, 3.05) is 19.6 Å². The van der Waals surface area contributed by atoms with E-state index < -0.39 is 17.3 Å². The number of aliphatic hydroxyl groups excluding tert-OH is 1. The number of benzene rings is 1. The first-order valence-electron chi connectivity index (χ1n) is 14.7. The second kappa shape index (κ2) is 10.7. The van der Waals surface area contributed by atoms with E-state index in [0.717, 1.165) is 58.0 Å². The van der Waals surface area contributed by atoms with Gasteiger partial charge in [-0.2, -0.15) is 0 Å². The summed E-state index contributed by atoms with van der Waals surface area (Å²) >= 11 is 0. The van der Waals surface area contributed by atoms with Gasteiger partial charge in [0.25, 0.3) is 0 Å². The smallest absolute Gasteiger partial charge is 0.0950 e. The Morgan fingerprint density at radius 1 is 1.00 bits per heavy atom. The van der Waals surface area contributed by atoms with Crippen molar-refractivity contribution in [2.45, 2.75) is 116 Å². The molecular weight excluding hydrogens is 446 g/mol. The number of piperidine rings is 1. The van der Waals surface area contributed by atoms with E-state index in [1.807, 2.05) is 13.8 Å². The van der Waals surface area contributed by atoms with Crippen LogP contribution in [0.5, 0.6) is 0 Å². The number of rotatable bonds is 8. The average molecular weight is 500 g/mol. The molecular formula is C32H53NO3. The minimum Gasteiger partial charge on any atom is -0.390 e. The van der Waals surface area contributed by atoms with Crippen LogP contribution in [0.4, 0.5) is 0 Å². The van der Waals surface area contributed by atoms with Gasteiger partial charge in [0.05, 0.1) is 17.3 Å². The summed E-state index contributed by atoms with van der Waals surface area (Å²) in [5.41, 5.74) is -0.0540. The van der Waals surface area contributed by atoms with Crippen LogP contribution >= 0.6 is 0 Å². The second-order valence-electron chi connectivity index (χ2n) is 14.2. The molecule has 4 rings (SSSR count). The van der Waals surface area contributed by atoms with E-state index >= 15 is 0 Å². The van der Waals surface area contributed by atoms with E-state index in [9.17, 15) is 15.3 Å². The van der Waals surface area contributed by atoms with E-state index in [1.54, 1.807) is 0 Å². The maximum atomic E-state index is 11.5. The number of aliphatic hydroxyl groups is 3. The fourth-order valence-electron chi connectivity index (χ4n) is 8.63. The third-order valence-electron chi connectivity index (χ3n) is 10.9. The Balaban J connectivity index is 1.31. The summed E-state index contributed by atoms with van der Waals surface area (Å²) in [6.07, 6.45) is 9.50. The third-order valence-corrected chi connectivity index (χ3v) is 10.9. The lowest BCUT2D eigenvalue weighted by Gasteiger charge is -2.61. The molecule has 1 aromatic rings. The van der Waals surface area contributed by atoms with Gasteiger partial charge < -0.3 is 20.2 Å². The Bertz CT molecular complexity index is 842. The molecule has 3 fully saturated rings. The lowest BCUT2D eigenvalue weighted by Crippen LogP contribution is -2.58. The number of β-amino-alcohol motifs (C(OH)–C–C–N with tert-alkyl or cyclic N) is 1. The third kappa shape index (κ3) is 6.03. The van der Waals surface area contributed by atoms with Gasteiger partial charge in [-0.15, -0.1) is 0 Å². The number of hydrogen-bond acceptors (Lipinski definition) is 4. The Kier molecular flexibility index (Phi) is 8.32. The summed E-state index contributed by atoms with van der Waals surface area (Å²) in [6.45, 7) is 13.5. The maximum absolute atomic E-state index is 11.5. The summed E-state index contributed by atoms with van der Waals surface area (Å²) < 4.78 is 0. The molecule has 3 N–H and O–H groups in total. The topological polar surface area (TPSA) is 63.9 Å². The van der Waals surface area contributed by atoms with Gasteiger partial charge in [0.2, 0.25) is 0 Å². The predicted molar refractivity (Wildman–Crippen MR) is 148 cm³/mol. The summed E-state index contributed by atoms with van der Waals surface area (Å²) in [7, 11) is 0. The summed E-state index contributed by atoms with van der Waals surface area (Å²) in [5, 5.41) is 34.0. The molecule has 3 aliphatic rings. The van der Waals surface area contributed by atoms with Gasteiger partial charge in [-0.25, -0.2) is 0 Å². The van der Waals surface area contributed by atoms with Gasteiger partial charge >= 0.3 is 0 Å². The number of hydrogen-bond donors (Lipinski definition) is 3. The highest BCUT2D eigenvalue weighted by Crippen LogP contribution is 2.63. The standard InChI is InChI=1S/C32H53NO3/c1-29(2)16-9-17-30(3)26(29)12-18-31(4,35)27(30)13-19-32(5,36)28(34)23-33-20-14-25(15-21-33)22-24-10-7-6-8-11-24/h6-8,10-11,25-28,34-36H,9,12-23H2,1-5H3/t26-,27-,28-,30+,31-,32-/m1/s1. The van der Waals surface area contributed by atoms with Crippen molar-refractivity contribution >= 4 is 0 Å². The van der Waals surface area contributed by atoms with E-state index in [0.29, 0.717) is 30.2 Å². The molecule has 0 bridgehead atoms. The lowest BCUT2D eigenvalue weighted by molar-refractivity contribution is -0.176. The molecule has 1 saturated heterocycles. The maximum Gasteiger partial charge on any atom is 0.0950 e. The molecule has 4 heteroatoms. The van der Waals surface area contributed by atoms with E-state index in [1.165, 1.54) is 18.4 Å². The zero-order valence-corrected chi connectivity index (χ0v) is 23.7. The fourth-order valence-corrected chi connectivity index (χ4v) is 8.63. The van der Waals surface area contributed by atoms with Crippen LogP contribution in [0.1, 0.15) is 98.0 Å². The van der Waals surface area contributed by atoms with Crippen LogP contribution in [0, 0.1) is 28.6 Å². The van der Waals surface area contributed by atoms with Crippen molar-refractivity contribution in [3.8, 4) is 0 Å². The largest absolute Gasteiger partial charge is 0.390 e. The summed E-state index contributed by atoms with van der Waals surface area (Å²) in [5.74, 6) is 1.45. The molecule has 0 aromatic heterocycles. The average Bonchev–Trinajstić information content (AvgIpc) is 2.79. The highest BCUT2D eigenvalue weighted by Gasteiger charge is 2.58. The molecule has 1 heterocycles. The monoisotopic (exact) mass is 499 g/mol. The van der Waals surface area contributed by atoms with Gasteiger partial charge in [0.15, 0.2) is 0 Å². The van der Waals surface area contributed by atoms with Crippen LogP contribution in [0.25, 0.3) is 0 Å². The molecule has 2 saturated carbocycles. The van der Waals surface area contributed by atoms with Crippen LogP contribution in [0.15, 0.2) is 30.3 Å². The second-order valence-corrected chi connectivity index (χ2v) is 14.2. The number of nitrogens with zero attached hydrogens (tertiary/aromatic N) is 1. The van der Waals surface area contributed by atoms with Crippen molar-refractivity contribution in [1.29, 1.82) is 0 Å². The summed E-state index contributed by atoms with van der Waals surface area (Å²) in [4.78, 5) is 2.33. The zero-order chi connectivity index (χ0) is 26.2. The molecule has 1 aromatic carbocycles. The SMILES string of the molecule is CC1(C)CCC[C@@]2(C)[C@@H]1CC[C@@](C)(O)[C@@H]2CC[C@@](C)(O)[C@H](O)CN1CCC(Cc2ccccc2)CC1. The Hall–Kier alpha value is -0.940. The molecule has 0 unspecified atom stereocenters. The van der Waals surface area contributed by atoms with Crippen molar-refractivity contribution < 1.29 is 15.3 Å². The zero-order valence-electron chi connectivity index (χ0n) is 23.7. The minimum atomic E-state index is -1.15. The molecule has 204 valence electrons. The van der Waals surface area contributed by atoms with Crippen molar-refractivity contribution in [3.05, 3.63) is 35.9 Å². The highest BCUT2D eigenvalue weighted by atomic mass is 16.3. The van der Waals surface area contributed by atoms with Crippen LogP contribution < -0.4 is 0 Å². The normalized spacial score (nSPS) is 36.1. The fraction of sp³-hybridized carbons (Fsp3) is 0.812. The molecule has 4 nitrogen and oxygen atoms in total. The first-order valence-corrected chi connectivity index (χ1v) is 14.7. The molecule has 0 spiro atoms. The number of fused-ring (bicyclic) bond motifs is 1. The van der Waals surface area contributed by atoms with Crippen LogP contribution in [0.2, 0.25) is 0 Å². The Morgan fingerprint density at radius 2 is 1.67 bits per heavy atom. The minimum absolute atomic E-state index is 0.0885. The van der Waals surface area contributed by atoms with E-state index in [2.05, 4.69) is 56.0 Å². The molecule has 6 atom stereocenters. The van der Waals surface area contributed by atoms with Gasteiger partial charge in [-0.3, -0.25) is 0 Å². The summed E-state index contributed by atoms with van der Waals surface area (Å²) in [6, 6.07) is 10.7. The first-order chi connectivity index (χ1) is 16.8. The molecule has 0 radical (unpaired) electrons.